The van der Waals surface area contributed by atoms with Crippen LogP contribution in [0.4, 0.5) is 5.69 Å². The number of imide groups is 1. The standard InChI is InChI=1S/C14H10ClNO3/c15-7-2-1-3-8(6-7)16-13(17)11-9-4-5-10(19-9)12(11)14(16)18/h1-6,9-12H. The highest BCUT2D eigenvalue weighted by molar-refractivity contribution is 6.31. The van der Waals surface area contributed by atoms with E-state index in [1.807, 2.05) is 12.2 Å². The molecule has 4 unspecified atom stereocenters. The molecular formula is C14H10ClNO3. The molecule has 0 radical (unpaired) electrons. The van der Waals surface area contributed by atoms with E-state index in [1.165, 1.54) is 4.90 Å². The third kappa shape index (κ3) is 1.38. The second-order valence-electron chi connectivity index (χ2n) is 4.99. The van der Waals surface area contributed by atoms with Crippen LogP contribution in [0.3, 0.4) is 0 Å². The zero-order chi connectivity index (χ0) is 13.1. The Morgan fingerprint density at radius 2 is 1.68 bits per heavy atom. The van der Waals surface area contributed by atoms with Crippen molar-refractivity contribution >= 4 is 29.1 Å². The molecule has 2 fully saturated rings. The molecule has 4 atom stereocenters. The van der Waals surface area contributed by atoms with Gasteiger partial charge in [-0.1, -0.05) is 29.8 Å². The fraction of sp³-hybridized carbons (Fsp3) is 0.286. The number of hydrogen-bond acceptors (Lipinski definition) is 3. The maximum absolute atomic E-state index is 12.4. The summed E-state index contributed by atoms with van der Waals surface area (Å²) in [6.45, 7) is 0. The molecule has 2 bridgehead atoms. The molecule has 1 aromatic carbocycles. The van der Waals surface area contributed by atoms with Crippen LogP contribution in [-0.2, 0) is 14.3 Å². The predicted octanol–water partition coefficient (Wildman–Crippen LogP) is 1.78. The molecule has 2 saturated heterocycles. The lowest BCUT2D eigenvalue weighted by molar-refractivity contribution is -0.124. The molecule has 0 saturated carbocycles. The molecule has 4 nitrogen and oxygen atoms in total. The Morgan fingerprint density at radius 1 is 1.05 bits per heavy atom. The van der Waals surface area contributed by atoms with Gasteiger partial charge in [0.2, 0.25) is 11.8 Å². The van der Waals surface area contributed by atoms with Crippen LogP contribution in [-0.4, -0.2) is 24.0 Å². The van der Waals surface area contributed by atoms with Crippen LogP contribution in [0.5, 0.6) is 0 Å². The number of rotatable bonds is 1. The lowest BCUT2D eigenvalue weighted by Gasteiger charge is -2.17. The number of amides is 2. The largest absolute Gasteiger partial charge is 0.365 e. The van der Waals surface area contributed by atoms with Gasteiger partial charge in [-0.2, -0.15) is 0 Å². The summed E-state index contributed by atoms with van der Waals surface area (Å²) in [5, 5.41) is 0.507. The van der Waals surface area contributed by atoms with Gasteiger partial charge in [0.15, 0.2) is 0 Å². The molecule has 19 heavy (non-hydrogen) atoms. The Hall–Kier alpha value is -1.65. The highest BCUT2D eigenvalue weighted by Crippen LogP contribution is 2.46. The van der Waals surface area contributed by atoms with Crippen LogP contribution >= 0.6 is 11.6 Å². The van der Waals surface area contributed by atoms with Gasteiger partial charge in [-0.15, -0.1) is 0 Å². The van der Waals surface area contributed by atoms with Gasteiger partial charge in [0.25, 0.3) is 0 Å². The normalized spacial score (nSPS) is 35.3. The number of benzene rings is 1. The summed E-state index contributed by atoms with van der Waals surface area (Å²) in [5.41, 5.74) is 0.538. The van der Waals surface area contributed by atoms with Crippen molar-refractivity contribution in [1.29, 1.82) is 0 Å². The molecule has 0 aliphatic carbocycles. The van der Waals surface area contributed by atoms with E-state index in [4.69, 9.17) is 16.3 Å². The van der Waals surface area contributed by atoms with Crippen LogP contribution < -0.4 is 4.90 Å². The Bertz CT molecular complexity index is 597. The monoisotopic (exact) mass is 275 g/mol. The fourth-order valence-electron chi connectivity index (χ4n) is 3.17. The van der Waals surface area contributed by atoms with Crippen molar-refractivity contribution in [2.24, 2.45) is 11.8 Å². The Balaban J connectivity index is 1.77. The number of carbonyl (C=O) groups is 2. The maximum atomic E-state index is 12.4. The van der Waals surface area contributed by atoms with Crippen molar-refractivity contribution in [2.45, 2.75) is 12.2 Å². The number of halogens is 1. The molecule has 0 spiro atoms. The van der Waals surface area contributed by atoms with Gasteiger partial charge in [0.1, 0.15) is 0 Å². The first-order valence-corrected chi connectivity index (χ1v) is 6.52. The topological polar surface area (TPSA) is 46.6 Å². The van der Waals surface area contributed by atoms with E-state index in [0.717, 1.165) is 0 Å². The highest BCUT2D eigenvalue weighted by atomic mass is 35.5. The number of fused-ring (bicyclic) bond motifs is 5. The van der Waals surface area contributed by atoms with Crippen molar-refractivity contribution in [2.75, 3.05) is 4.90 Å². The van der Waals surface area contributed by atoms with E-state index < -0.39 is 0 Å². The van der Waals surface area contributed by atoms with Crippen molar-refractivity contribution in [3.63, 3.8) is 0 Å². The SMILES string of the molecule is O=C1C2C3C=CC(O3)C2C(=O)N1c1cccc(Cl)c1. The zero-order valence-corrected chi connectivity index (χ0v) is 10.6. The molecule has 3 aliphatic rings. The summed E-state index contributed by atoms with van der Waals surface area (Å²) < 4.78 is 5.58. The van der Waals surface area contributed by atoms with Crippen LogP contribution in [0.15, 0.2) is 36.4 Å². The van der Waals surface area contributed by atoms with E-state index in [-0.39, 0.29) is 35.9 Å². The van der Waals surface area contributed by atoms with E-state index in [0.29, 0.717) is 10.7 Å². The van der Waals surface area contributed by atoms with Gasteiger partial charge in [0, 0.05) is 5.02 Å². The summed E-state index contributed by atoms with van der Waals surface area (Å²) in [5.74, 6) is -1.12. The van der Waals surface area contributed by atoms with Crippen molar-refractivity contribution in [3.05, 3.63) is 41.4 Å². The predicted molar refractivity (Wildman–Crippen MR) is 68.7 cm³/mol. The van der Waals surface area contributed by atoms with Crippen molar-refractivity contribution in [1.82, 2.24) is 0 Å². The first-order valence-electron chi connectivity index (χ1n) is 6.14. The molecule has 1 aromatic rings. The average molecular weight is 276 g/mol. The van der Waals surface area contributed by atoms with Gasteiger partial charge < -0.3 is 4.74 Å². The Kier molecular flexibility index (Phi) is 2.17. The minimum absolute atomic E-state index is 0.186. The van der Waals surface area contributed by atoms with Gasteiger partial charge in [0.05, 0.1) is 29.7 Å². The van der Waals surface area contributed by atoms with Crippen molar-refractivity contribution in [3.8, 4) is 0 Å². The zero-order valence-electron chi connectivity index (χ0n) is 9.82. The highest BCUT2D eigenvalue weighted by Gasteiger charge is 2.60. The molecule has 3 heterocycles. The number of hydrogen-bond donors (Lipinski definition) is 0. The Labute approximate surface area is 114 Å². The van der Waals surface area contributed by atoms with E-state index >= 15 is 0 Å². The van der Waals surface area contributed by atoms with E-state index in [2.05, 4.69) is 0 Å². The molecule has 96 valence electrons. The molecule has 4 rings (SSSR count). The molecule has 0 N–H and O–H groups in total. The average Bonchev–Trinajstić information content (AvgIpc) is 3.04. The third-order valence-electron chi connectivity index (χ3n) is 3.98. The molecule has 2 amide bonds. The van der Waals surface area contributed by atoms with Crippen LogP contribution in [0.1, 0.15) is 0 Å². The molecule has 5 heteroatoms. The summed E-state index contributed by atoms with van der Waals surface area (Å²) in [4.78, 5) is 26.1. The van der Waals surface area contributed by atoms with Crippen LogP contribution in [0.2, 0.25) is 5.02 Å². The van der Waals surface area contributed by atoms with Gasteiger partial charge >= 0.3 is 0 Å². The second-order valence-corrected chi connectivity index (χ2v) is 5.43. The number of ether oxygens (including phenoxy) is 1. The molecule has 3 aliphatic heterocycles. The number of anilines is 1. The summed E-state index contributed by atoms with van der Waals surface area (Å²) in [6, 6.07) is 6.80. The summed E-state index contributed by atoms with van der Waals surface area (Å²) in [7, 11) is 0. The fourth-order valence-corrected chi connectivity index (χ4v) is 3.36. The van der Waals surface area contributed by atoms with Crippen molar-refractivity contribution < 1.29 is 14.3 Å². The smallest absolute Gasteiger partial charge is 0.240 e. The number of carbonyl (C=O) groups excluding carboxylic acids is 2. The third-order valence-corrected chi connectivity index (χ3v) is 4.21. The quantitative estimate of drug-likeness (QED) is 0.580. The maximum Gasteiger partial charge on any atom is 0.240 e. The molecular weight excluding hydrogens is 266 g/mol. The van der Waals surface area contributed by atoms with Crippen LogP contribution in [0, 0.1) is 11.8 Å². The van der Waals surface area contributed by atoms with E-state index in [1.54, 1.807) is 24.3 Å². The summed E-state index contributed by atoms with van der Waals surface area (Å²) in [6.07, 6.45) is 3.24. The van der Waals surface area contributed by atoms with Crippen LogP contribution in [0.25, 0.3) is 0 Å². The lowest BCUT2D eigenvalue weighted by atomic mass is 9.85. The summed E-state index contributed by atoms with van der Waals surface area (Å²) >= 11 is 5.92. The number of nitrogens with zero attached hydrogens (tertiary/aromatic N) is 1. The first kappa shape index (κ1) is 11.2. The van der Waals surface area contributed by atoms with E-state index in [9.17, 15) is 9.59 Å². The second kappa shape index (κ2) is 3.68. The minimum Gasteiger partial charge on any atom is -0.365 e. The Morgan fingerprint density at radius 3 is 2.26 bits per heavy atom. The first-order chi connectivity index (χ1) is 9.16. The van der Waals surface area contributed by atoms with Gasteiger partial charge in [-0.3, -0.25) is 9.59 Å². The minimum atomic E-state index is -0.374. The molecule has 0 aromatic heterocycles. The van der Waals surface area contributed by atoms with Gasteiger partial charge in [-0.25, -0.2) is 4.90 Å². The lowest BCUT2D eigenvalue weighted by Crippen LogP contribution is -2.34. The van der Waals surface area contributed by atoms with Gasteiger partial charge in [-0.05, 0) is 18.2 Å².